The number of para-hydroxylation sites is 1. The van der Waals surface area contributed by atoms with E-state index in [0.29, 0.717) is 22.2 Å². The van der Waals surface area contributed by atoms with E-state index in [2.05, 4.69) is 0 Å². The molecule has 1 aliphatic rings. The Balaban J connectivity index is 1.84. The molecule has 1 saturated heterocycles. The normalized spacial score (nSPS) is 18.1. The van der Waals surface area contributed by atoms with Gasteiger partial charge in [-0.1, -0.05) is 53.5 Å². The van der Waals surface area contributed by atoms with Crippen LogP contribution in [0.15, 0.2) is 48.5 Å². The van der Waals surface area contributed by atoms with E-state index in [-0.39, 0.29) is 18.2 Å². The highest BCUT2D eigenvalue weighted by atomic mass is 35.5. The summed E-state index contributed by atoms with van der Waals surface area (Å²) in [7, 11) is 0. The maximum Gasteiger partial charge on any atom is 0.237 e. The van der Waals surface area contributed by atoms with Gasteiger partial charge >= 0.3 is 0 Å². The molecule has 0 bridgehead atoms. The first-order valence-corrected chi connectivity index (χ1v) is 7.68. The largest absolute Gasteiger partial charge is 0.274 e. The molecular formula is C17H13Cl2NO2. The lowest BCUT2D eigenvalue weighted by atomic mass is 9.98. The van der Waals surface area contributed by atoms with E-state index in [4.69, 9.17) is 23.2 Å². The van der Waals surface area contributed by atoms with Crippen LogP contribution in [0.3, 0.4) is 0 Å². The minimum absolute atomic E-state index is 0.181. The van der Waals surface area contributed by atoms with Crippen LogP contribution in [0.5, 0.6) is 0 Å². The van der Waals surface area contributed by atoms with E-state index in [1.165, 1.54) is 4.90 Å². The molecule has 0 aromatic heterocycles. The summed E-state index contributed by atoms with van der Waals surface area (Å²) < 4.78 is 0. The van der Waals surface area contributed by atoms with Crippen LogP contribution < -0.4 is 4.90 Å². The molecule has 2 aromatic rings. The summed E-state index contributed by atoms with van der Waals surface area (Å²) in [5.74, 6) is -0.768. The van der Waals surface area contributed by atoms with E-state index in [1.807, 2.05) is 12.1 Å². The van der Waals surface area contributed by atoms with Gasteiger partial charge in [-0.15, -0.1) is 0 Å². The third-order valence-corrected chi connectivity index (χ3v) is 4.61. The molecule has 0 aliphatic carbocycles. The van der Waals surface area contributed by atoms with Gasteiger partial charge in [-0.05, 0) is 30.2 Å². The molecule has 0 radical (unpaired) electrons. The fraction of sp³-hybridized carbons (Fsp3) is 0.176. The molecule has 112 valence electrons. The number of imide groups is 1. The average molecular weight is 334 g/mol. The summed E-state index contributed by atoms with van der Waals surface area (Å²) in [4.78, 5) is 26.0. The van der Waals surface area contributed by atoms with Gasteiger partial charge in [0.1, 0.15) is 0 Å². The van der Waals surface area contributed by atoms with Crippen molar-refractivity contribution in [3.63, 3.8) is 0 Å². The van der Waals surface area contributed by atoms with Gasteiger partial charge in [0.15, 0.2) is 0 Å². The van der Waals surface area contributed by atoms with Crippen LogP contribution in [-0.4, -0.2) is 11.8 Å². The Kier molecular flexibility index (Phi) is 4.19. The quantitative estimate of drug-likeness (QED) is 0.792. The predicted octanol–water partition coefficient (Wildman–Crippen LogP) is 4.12. The molecule has 0 saturated carbocycles. The van der Waals surface area contributed by atoms with Gasteiger partial charge < -0.3 is 0 Å². The summed E-state index contributed by atoms with van der Waals surface area (Å²) in [6.07, 6.45) is 0.601. The highest BCUT2D eigenvalue weighted by Gasteiger charge is 2.39. The fourth-order valence-corrected chi connectivity index (χ4v) is 3.07. The Morgan fingerprint density at radius 2 is 1.73 bits per heavy atom. The lowest BCUT2D eigenvalue weighted by Gasteiger charge is -2.15. The van der Waals surface area contributed by atoms with Crippen LogP contribution in [0.25, 0.3) is 0 Å². The summed E-state index contributed by atoms with van der Waals surface area (Å²) in [6, 6.07) is 14.3. The van der Waals surface area contributed by atoms with Crippen LogP contribution in [0, 0.1) is 5.92 Å². The van der Waals surface area contributed by atoms with Gasteiger partial charge in [-0.2, -0.15) is 0 Å². The second-order valence-corrected chi connectivity index (χ2v) is 6.01. The summed E-state index contributed by atoms with van der Waals surface area (Å²) in [5.41, 5.74) is 1.40. The summed E-state index contributed by atoms with van der Waals surface area (Å²) >= 11 is 12.2. The number of carbonyl (C=O) groups excluding carboxylic acids is 2. The van der Waals surface area contributed by atoms with E-state index >= 15 is 0 Å². The number of benzene rings is 2. The minimum atomic E-state index is -0.399. The highest BCUT2D eigenvalue weighted by Crippen LogP contribution is 2.32. The summed E-state index contributed by atoms with van der Waals surface area (Å²) in [6.45, 7) is 0. The molecule has 0 N–H and O–H groups in total. The van der Waals surface area contributed by atoms with E-state index in [9.17, 15) is 9.59 Å². The Morgan fingerprint density at radius 1 is 1.00 bits per heavy atom. The number of carbonyl (C=O) groups is 2. The smallest absolute Gasteiger partial charge is 0.237 e. The second-order valence-electron chi connectivity index (χ2n) is 5.22. The maximum absolute atomic E-state index is 12.5. The van der Waals surface area contributed by atoms with Gasteiger partial charge in [0.05, 0.1) is 21.7 Å². The van der Waals surface area contributed by atoms with Gasteiger partial charge in [-0.3, -0.25) is 14.5 Å². The number of hydrogen-bond donors (Lipinski definition) is 0. The van der Waals surface area contributed by atoms with Crippen molar-refractivity contribution in [1.82, 2.24) is 0 Å². The van der Waals surface area contributed by atoms with E-state index in [0.717, 1.165) is 5.56 Å². The number of nitrogens with zero attached hydrogens (tertiary/aromatic N) is 1. The van der Waals surface area contributed by atoms with Crippen molar-refractivity contribution in [2.45, 2.75) is 12.8 Å². The summed E-state index contributed by atoms with van der Waals surface area (Å²) in [5, 5.41) is 0.901. The monoisotopic (exact) mass is 333 g/mol. The molecule has 0 spiro atoms. The molecule has 1 fully saturated rings. The molecule has 3 nitrogen and oxygen atoms in total. The van der Waals surface area contributed by atoms with Gasteiger partial charge in [0, 0.05) is 6.42 Å². The lowest BCUT2D eigenvalue weighted by molar-refractivity contribution is -0.122. The predicted molar refractivity (Wildman–Crippen MR) is 87.2 cm³/mol. The van der Waals surface area contributed by atoms with Crippen molar-refractivity contribution < 1.29 is 9.59 Å². The number of hydrogen-bond acceptors (Lipinski definition) is 2. The van der Waals surface area contributed by atoms with Gasteiger partial charge in [0.25, 0.3) is 0 Å². The average Bonchev–Trinajstić information content (AvgIpc) is 2.79. The van der Waals surface area contributed by atoms with Crippen molar-refractivity contribution in [1.29, 1.82) is 0 Å². The molecule has 1 heterocycles. The number of rotatable bonds is 3. The number of halogens is 2. The van der Waals surface area contributed by atoms with Crippen LogP contribution in [0.4, 0.5) is 5.69 Å². The van der Waals surface area contributed by atoms with Crippen molar-refractivity contribution in [2.24, 2.45) is 5.92 Å². The van der Waals surface area contributed by atoms with E-state index < -0.39 is 5.92 Å². The number of amides is 2. The maximum atomic E-state index is 12.5. The second kappa shape index (κ2) is 6.11. The van der Waals surface area contributed by atoms with Crippen LogP contribution >= 0.6 is 23.2 Å². The molecule has 3 rings (SSSR count). The highest BCUT2D eigenvalue weighted by molar-refractivity contribution is 6.42. The standard InChI is InChI=1S/C17H13Cl2NO2/c18-14-8-4-5-11(16(14)19)9-12-10-15(21)20(17(12)22)13-6-2-1-3-7-13/h1-8,12H,9-10H2. The number of anilines is 1. The zero-order valence-corrected chi connectivity index (χ0v) is 13.1. The van der Waals surface area contributed by atoms with Gasteiger partial charge in [0.2, 0.25) is 11.8 Å². The van der Waals surface area contributed by atoms with Crippen LogP contribution in [0.2, 0.25) is 10.0 Å². The topological polar surface area (TPSA) is 37.4 Å². The third kappa shape index (κ3) is 2.74. The van der Waals surface area contributed by atoms with Gasteiger partial charge in [-0.25, -0.2) is 0 Å². The molecule has 1 aliphatic heterocycles. The van der Waals surface area contributed by atoms with Crippen LogP contribution in [-0.2, 0) is 16.0 Å². The Bertz CT molecular complexity index is 731. The SMILES string of the molecule is O=C1CC(Cc2cccc(Cl)c2Cl)C(=O)N1c1ccccc1. The molecule has 2 aromatic carbocycles. The first-order chi connectivity index (χ1) is 10.6. The van der Waals surface area contributed by atoms with Crippen molar-refractivity contribution in [2.75, 3.05) is 4.90 Å². The molecule has 1 atom stereocenters. The minimum Gasteiger partial charge on any atom is -0.274 e. The molecule has 1 unspecified atom stereocenters. The first kappa shape index (κ1) is 15.1. The Hall–Kier alpha value is -1.84. The Morgan fingerprint density at radius 3 is 2.45 bits per heavy atom. The van der Waals surface area contributed by atoms with Crippen molar-refractivity contribution in [3.8, 4) is 0 Å². The van der Waals surface area contributed by atoms with E-state index in [1.54, 1.807) is 36.4 Å². The molecule has 22 heavy (non-hydrogen) atoms. The molecular weight excluding hydrogens is 321 g/mol. The lowest BCUT2D eigenvalue weighted by Crippen LogP contribution is -2.30. The zero-order chi connectivity index (χ0) is 15.7. The third-order valence-electron chi connectivity index (χ3n) is 3.75. The molecule has 2 amide bonds. The van der Waals surface area contributed by atoms with Crippen LogP contribution in [0.1, 0.15) is 12.0 Å². The zero-order valence-electron chi connectivity index (χ0n) is 11.6. The first-order valence-electron chi connectivity index (χ1n) is 6.92. The van der Waals surface area contributed by atoms with Crippen molar-refractivity contribution >= 4 is 40.7 Å². The fourth-order valence-electron chi connectivity index (χ4n) is 2.67. The molecule has 5 heteroatoms. The Labute approximate surface area is 138 Å². The van der Waals surface area contributed by atoms with Crippen molar-refractivity contribution in [3.05, 3.63) is 64.1 Å².